The highest BCUT2D eigenvalue weighted by atomic mass is 35.5. The maximum absolute atomic E-state index is 12.6. The molecule has 0 bridgehead atoms. The number of anilines is 1. The molecule has 156 valence electrons. The first-order valence-electron chi connectivity index (χ1n) is 8.79. The number of nitrogens with one attached hydrogen (secondary N) is 2. The van der Waals surface area contributed by atoms with Crippen LogP contribution in [-0.4, -0.2) is 36.3 Å². The molecule has 0 saturated heterocycles. The SMILES string of the molecule is C[C@H](C(=O)N[C@H](C)c1ccc(Cl)cc1Cl)N(C)CC(=O)Nc1c(Cl)cccc1Cl. The third-order valence-corrected chi connectivity index (χ3v) is 5.64. The molecule has 2 aromatic rings. The number of benzene rings is 2. The van der Waals surface area contributed by atoms with Gasteiger partial charge in [-0.15, -0.1) is 0 Å². The Balaban J connectivity index is 1.95. The molecule has 29 heavy (non-hydrogen) atoms. The highest BCUT2D eigenvalue weighted by Crippen LogP contribution is 2.30. The van der Waals surface area contributed by atoms with Gasteiger partial charge >= 0.3 is 0 Å². The van der Waals surface area contributed by atoms with Crippen molar-refractivity contribution in [3.63, 3.8) is 0 Å². The van der Waals surface area contributed by atoms with Crippen LogP contribution in [0, 0.1) is 0 Å². The van der Waals surface area contributed by atoms with Crippen LogP contribution in [0.5, 0.6) is 0 Å². The first kappa shape index (κ1) is 23.8. The van der Waals surface area contributed by atoms with E-state index in [0.29, 0.717) is 25.8 Å². The Morgan fingerprint density at radius 2 is 1.62 bits per heavy atom. The van der Waals surface area contributed by atoms with Gasteiger partial charge < -0.3 is 10.6 Å². The van der Waals surface area contributed by atoms with E-state index in [9.17, 15) is 9.59 Å². The van der Waals surface area contributed by atoms with Crippen molar-refractivity contribution in [2.45, 2.75) is 25.9 Å². The monoisotopic (exact) mass is 475 g/mol. The molecule has 0 radical (unpaired) electrons. The number of amides is 2. The lowest BCUT2D eigenvalue weighted by Crippen LogP contribution is -2.46. The fourth-order valence-corrected chi connectivity index (χ4v) is 3.69. The van der Waals surface area contributed by atoms with E-state index in [1.54, 1.807) is 55.3 Å². The fourth-order valence-electron chi connectivity index (χ4n) is 2.62. The van der Waals surface area contributed by atoms with Crippen LogP contribution >= 0.6 is 46.4 Å². The number of hydrogen-bond acceptors (Lipinski definition) is 3. The summed E-state index contributed by atoms with van der Waals surface area (Å²) in [6.45, 7) is 3.51. The summed E-state index contributed by atoms with van der Waals surface area (Å²) in [5.74, 6) is -0.578. The standard InChI is InChI=1S/C20H21Cl4N3O2/c1-11(14-8-7-13(21)9-17(14)24)25-20(29)12(2)27(3)10-18(28)26-19-15(22)5-4-6-16(19)23/h4-9,11-12H,10H2,1-3H3,(H,25,29)(H,26,28)/t11-,12-/m1/s1. The molecule has 2 amide bonds. The minimum Gasteiger partial charge on any atom is -0.348 e. The van der Waals surface area contributed by atoms with Crippen LogP contribution < -0.4 is 10.6 Å². The number of carbonyl (C=O) groups is 2. The quantitative estimate of drug-likeness (QED) is 0.559. The molecule has 0 spiro atoms. The second-order valence-electron chi connectivity index (χ2n) is 6.63. The number of rotatable bonds is 7. The fraction of sp³-hybridized carbons (Fsp3) is 0.300. The average Bonchev–Trinajstić information content (AvgIpc) is 2.63. The Hall–Kier alpha value is -1.50. The molecule has 0 heterocycles. The van der Waals surface area contributed by atoms with Crippen molar-refractivity contribution in [3.8, 4) is 0 Å². The number of likely N-dealkylation sites (N-methyl/N-ethyl adjacent to an activating group) is 1. The van der Waals surface area contributed by atoms with Gasteiger partial charge in [-0.25, -0.2) is 0 Å². The van der Waals surface area contributed by atoms with Crippen LogP contribution in [-0.2, 0) is 9.59 Å². The van der Waals surface area contributed by atoms with Gasteiger partial charge in [0.1, 0.15) is 0 Å². The molecule has 0 aliphatic heterocycles. The summed E-state index contributed by atoms with van der Waals surface area (Å²) in [4.78, 5) is 26.6. The van der Waals surface area contributed by atoms with Gasteiger partial charge in [-0.2, -0.15) is 0 Å². The number of nitrogens with zero attached hydrogens (tertiary/aromatic N) is 1. The first-order chi connectivity index (χ1) is 13.6. The molecule has 0 aliphatic rings. The minimum absolute atomic E-state index is 0.0216. The maximum atomic E-state index is 12.6. The van der Waals surface area contributed by atoms with Gasteiger partial charge in [0.15, 0.2) is 0 Å². The van der Waals surface area contributed by atoms with Crippen molar-refractivity contribution in [2.24, 2.45) is 0 Å². The highest BCUT2D eigenvalue weighted by Gasteiger charge is 2.23. The van der Waals surface area contributed by atoms with E-state index in [-0.39, 0.29) is 24.4 Å². The predicted octanol–water partition coefficient (Wildman–Crippen LogP) is 5.44. The molecule has 2 atom stereocenters. The molecule has 2 rings (SSSR count). The van der Waals surface area contributed by atoms with Crippen LogP contribution in [0.2, 0.25) is 20.1 Å². The average molecular weight is 477 g/mol. The summed E-state index contributed by atoms with van der Waals surface area (Å²) in [5, 5.41) is 7.25. The van der Waals surface area contributed by atoms with E-state index in [1.807, 2.05) is 6.92 Å². The molecule has 0 fully saturated rings. The van der Waals surface area contributed by atoms with Crippen LogP contribution in [0.25, 0.3) is 0 Å². The van der Waals surface area contributed by atoms with Crippen molar-refractivity contribution in [1.29, 1.82) is 0 Å². The summed E-state index contributed by atoms with van der Waals surface area (Å²) in [5.41, 5.74) is 1.10. The Morgan fingerprint density at radius 3 is 2.21 bits per heavy atom. The Kier molecular flexibility index (Phi) is 8.61. The highest BCUT2D eigenvalue weighted by molar-refractivity contribution is 6.39. The second kappa shape index (κ2) is 10.5. The molecular weight excluding hydrogens is 456 g/mol. The normalized spacial score (nSPS) is 13.1. The van der Waals surface area contributed by atoms with Crippen molar-refractivity contribution < 1.29 is 9.59 Å². The number of carbonyl (C=O) groups excluding carboxylic acids is 2. The molecular formula is C20H21Cl4N3O2. The summed E-state index contributed by atoms with van der Waals surface area (Å²) in [7, 11) is 1.68. The summed E-state index contributed by atoms with van der Waals surface area (Å²) in [6, 6.07) is 9.18. The summed E-state index contributed by atoms with van der Waals surface area (Å²) >= 11 is 24.2. The minimum atomic E-state index is -0.559. The van der Waals surface area contributed by atoms with Gasteiger partial charge in [-0.05, 0) is 50.7 Å². The summed E-state index contributed by atoms with van der Waals surface area (Å²) < 4.78 is 0. The number of para-hydroxylation sites is 1. The third-order valence-electron chi connectivity index (χ3n) is 4.45. The van der Waals surface area contributed by atoms with Crippen molar-refractivity contribution >= 4 is 63.9 Å². The van der Waals surface area contributed by atoms with Crippen LogP contribution in [0.15, 0.2) is 36.4 Å². The van der Waals surface area contributed by atoms with Crippen molar-refractivity contribution in [1.82, 2.24) is 10.2 Å². The Morgan fingerprint density at radius 1 is 1.00 bits per heavy atom. The van der Waals surface area contributed by atoms with Crippen molar-refractivity contribution in [3.05, 3.63) is 62.1 Å². The second-order valence-corrected chi connectivity index (χ2v) is 8.29. The molecule has 2 N–H and O–H groups in total. The van der Waals surface area contributed by atoms with Crippen LogP contribution in [0.1, 0.15) is 25.5 Å². The van der Waals surface area contributed by atoms with Gasteiger partial charge in [-0.1, -0.05) is 58.5 Å². The van der Waals surface area contributed by atoms with E-state index in [1.165, 1.54) is 0 Å². The first-order valence-corrected chi connectivity index (χ1v) is 10.3. The topological polar surface area (TPSA) is 61.4 Å². The van der Waals surface area contributed by atoms with E-state index < -0.39 is 6.04 Å². The van der Waals surface area contributed by atoms with Gasteiger partial charge in [0.2, 0.25) is 11.8 Å². The summed E-state index contributed by atoms with van der Waals surface area (Å²) in [6.07, 6.45) is 0. The maximum Gasteiger partial charge on any atom is 0.238 e. The predicted molar refractivity (Wildman–Crippen MR) is 120 cm³/mol. The Labute approximate surface area is 190 Å². The van der Waals surface area contributed by atoms with Gasteiger partial charge in [0, 0.05) is 10.0 Å². The molecule has 0 aliphatic carbocycles. The lowest BCUT2D eigenvalue weighted by atomic mass is 10.1. The number of halogens is 4. The third kappa shape index (κ3) is 6.49. The van der Waals surface area contributed by atoms with E-state index >= 15 is 0 Å². The van der Waals surface area contributed by atoms with E-state index in [2.05, 4.69) is 10.6 Å². The van der Waals surface area contributed by atoms with E-state index in [0.717, 1.165) is 5.56 Å². The zero-order valence-corrected chi connectivity index (χ0v) is 19.1. The number of hydrogen-bond donors (Lipinski definition) is 2. The largest absolute Gasteiger partial charge is 0.348 e. The van der Waals surface area contributed by atoms with Crippen LogP contribution in [0.4, 0.5) is 5.69 Å². The smallest absolute Gasteiger partial charge is 0.238 e. The van der Waals surface area contributed by atoms with Gasteiger partial charge in [0.05, 0.1) is 34.4 Å². The lowest BCUT2D eigenvalue weighted by molar-refractivity contribution is -0.127. The molecule has 2 aromatic carbocycles. The van der Waals surface area contributed by atoms with Gasteiger partial charge in [0.25, 0.3) is 0 Å². The molecule has 5 nitrogen and oxygen atoms in total. The molecule has 9 heteroatoms. The van der Waals surface area contributed by atoms with E-state index in [4.69, 9.17) is 46.4 Å². The van der Waals surface area contributed by atoms with Crippen molar-refractivity contribution in [2.75, 3.05) is 18.9 Å². The zero-order valence-electron chi connectivity index (χ0n) is 16.1. The lowest BCUT2D eigenvalue weighted by Gasteiger charge is -2.25. The molecule has 0 aromatic heterocycles. The van der Waals surface area contributed by atoms with Gasteiger partial charge in [-0.3, -0.25) is 14.5 Å². The Bertz CT molecular complexity index is 887. The zero-order chi connectivity index (χ0) is 21.7. The van der Waals surface area contributed by atoms with Crippen LogP contribution in [0.3, 0.4) is 0 Å². The molecule has 0 saturated carbocycles. The molecule has 0 unspecified atom stereocenters.